The number of rotatable bonds is 1. The van der Waals surface area contributed by atoms with E-state index < -0.39 is 0 Å². The first kappa shape index (κ1) is 9.60. The van der Waals surface area contributed by atoms with Gasteiger partial charge in [0.2, 0.25) is 0 Å². The van der Waals surface area contributed by atoms with Gasteiger partial charge in [-0.25, -0.2) is 0 Å². The van der Waals surface area contributed by atoms with E-state index in [0.29, 0.717) is 12.0 Å². The zero-order valence-corrected chi connectivity index (χ0v) is 8.95. The molecule has 3 rings (SSSR count). The summed E-state index contributed by atoms with van der Waals surface area (Å²) >= 11 is 0. The second-order valence-electron chi connectivity index (χ2n) is 4.85. The lowest BCUT2D eigenvalue weighted by molar-refractivity contribution is -0.140. The van der Waals surface area contributed by atoms with Crippen molar-refractivity contribution < 1.29 is 9.53 Å². The van der Waals surface area contributed by atoms with Crippen LogP contribution in [0.25, 0.3) is 0 Å². The van der Waals surface area contributed by atoms with Gasteiger partial charge in [-0.3, -0.25) is 4.79 Å². The van der Waals surface area contributed by atoms with Crippen LogP contribution in [0.15, 0.2) is 0 Å². The van der Waals surface area contributed by atoms with Crippen molar-refractivity contribution in [2.45, 2.75) is 31.4 Å². The third-order valence-electron chi connectivity index (χ3n) is 3.88. The molecule has 0 spiro atoms. The lowest BCUT2D eigenvalue weighted by Gasteiger charge is -2.20. The first-order valence-corrected chi connectivity index (χ1v) is 5.98. The largest absolute Gasteiger partial charge is 0.368 e. The summed E-state index contributed by atoms with van der Waals surface area (Å²) in [7, 11) is 0. The zero-order valence-electron chi connectivity index (χ0n) is 8.95. The molecule has 0 aromatic carbocycles. The van der Waals surface area contributed by atoms with Crippen LogP contribution in [0, 0.1) is 5.92 Å². The summed E-state index contributed by atoms with van der Waals surface area (Å²) in [4.78, 5) is 14.0. The van der Waals surface area contributed by atoms with Gasteiger partial charge in [-0.05, 0) is 31.7 Å². The average molecular weight is 210 g/mol. The molecule has 15 heavy (non-hydrogen) atoms. The maximum absolute atomic E-state index is 12.1. The summed E-state index contributed by atoms with van der Waals surface area (Å²) in [6.45, 7) is 3.71. The third kappa shape index (κ3) is 1.66. The maximum atomic E-state index is 12.1. The Balaban J connectivity index is 1.61. The van der Waals surface area contributed by atoms with E-state index in [0.717, 1.165) is 39.1 Å². The van der Waals surface area contributed by atoms with Gasteiger partial charge in [0, 0.05) is 25.7 Å². The highest BCUT2D eigenvalue weighted by atomic mass is 16.5. The van der Waals surface area contributed by atoms with Crippen LogP contribution in [0.4, 0.5) is 0 Å². The number of likely N-dealkylation sites (tertiary alicyclic amines) is 1. The normalized spacial score (nSPS) is 39.7. The van der Waals surface area contributed by atoms with Crippen LogP contribution in [0.3, 0.4) is 0 Å². The number of amides is 1. The molecule has 0 bridgehead atoms. The fourth-order valence-electron chi connectivity index (χ4n) is 3.01. The van der Waals surface area contributed by atoms with Gasteiger partial charge in [0.15, 0.2) is 0 Å². The maximum Gasteiger partial charge on any atom is 0.251 e. The van der Waals surface area contributed by atoms with E-state index in [-0.39, 0.29) is 12.0 Å². The Kier molecular flexibility index (Phi) is 2.41. The predicted octanol–water partition coefficient (Wildman–Crippen LogP) is -0.0143. The van der Waals surface area contributed by atoms with E-state index in [2.05, 4.69) is 5.32 Å². The molecule has 1 N–H and O–H groups in total. The van der Waals surface area contributed by atoms with Crippen molar-refractivity contribution in [3.05, 3.63) is 0 Å². The average Bonchev–Trinajstić information content (AvgIpc) is 2.92. The van der Waals surface area contributed by atoms with Crippen molar-refractivity contribution in [2.75, 3.05) is 26.2 Å². The third-order valence-corrected chi connectivity index (χ3v) is 3.88. The van der Waals surface area contributed by atoms with Gasteiger partial charge in [-0.1, -0.05) is 0 Å². The Morgan fingerprint density at radius 3 is 3.00 bits per heavy atom. The van der Waals surface area contributed by atoms with Gasteiger partial charge in [0.1, 0.15) is 6.10 Å². The summed E-state index contributed by atoms with van der Waals surface area (Å²) in [5.41, 5.74) is 0. The lowest BCUT2D eigenvalue weighted by atomic mass is 10.1. The zero-order chi connectivity index (χ0) is 10.3. The highest BCUT2D eigenvalue weighted by Gasteiger charge is 2.40. The van der Waals surface area contributed by atoms with Gasteiger partial charge in [-0.15, -0.1) is 0 Å². The molecule has 4 heteroatoms. The van der Waals surface area contributed by atoms with Gasteiger partial charge in [-0.2, -0.15) is 0 Å². The molecular weight excluding hydrogens is 192 g/mol. The molecule has 0 radical (unpaired) electrons. The molecule has 0 aromatic heterocycles. The molecule has 3 aliphatic rings. The van der Waals surface area contributed by atoms with Crippen molar-refractivity contribution in [1.82, 2.24) is 10.2 Å². The van der Waals surface area contributed by atoms with Crippen molar-refractivity contribution in [3.8, 4) is 0 Å². The van der Waals surface area contributed by atoms with E-state index in [4.69, 9.17) is 4.74 Å². The minimum absolute atomic E-state index is 0.135. The predicted molar refractivity (Wildman–Crippen MR) is 55.5 cm³/mol. The van der Waals surface area contributed by atoms with Gasteiger partial charge < -0.3 is 15.0 Å². The molecule has 1 amide bonds. The first-order valence-electron chi connectivity index (χ1n) is 5.98. The number of ether oxygens (including phenoxy) is 1. The van der Waals surface area contributed by atoms with E-state index in [1.807, 2.05) is 4.90 Å². The molecular formula is C11H18N2O2. The monoisotopic (exact) mass is 210 g/mol. The Bertz CT molecular complexity index is 251. The quantitative estimate of drug-likeness (QED) is 0.661. The fourth-order valence-corrected chi connectivity index (χ4v) is 3.01. The van der Waals surface area contributed by atoms with Crippen molar-refractivity contribution >= 4 is 5.91 Å². The summed E-state index contributed by atoms with van der Waals surface area (Å²) in [6.07, 6.45) is 3.04. The number of carbonyl (C=O) groups excluding carboxylic acids is 1. The number of hydrogen-bond donors (Lipinski definition) is 1. The van der Waals surface area contributed by atoms with Crippen LogP contribution in [0.1, 0.15) is 19.3 Å². The van der Waals surface area contributed by atoms with Crippen LogP contribution in [-0.2, 0) is 9.53 Å². The summed E-state index contributed by atoms with van der Waals surface area (Å²) in [6, 6.07) is 0.551. The summed E-state index contributed by atoms with van der Waals surface area (Å²) in [5.74, 6) is 0.916. The van der Waals surface area contributed by atoms with Crippen LogP contribution >= 0.6 is 0 Å². The van der Waals surface area contributed by atoms with Crippen LogP contribution < -0.4 is 5.32 Å². The van der Waals surface area contributed by atoms with E-state index in [1.165, 1.54) is 6.42 Å². The van der Waals surface area contributed by atoms with Crippen molar-refractivity contribution in [2.24, 2.45) is 5.92 Å². The minimum Gasteiger partial charge on any atom is -0.368 e. The SMILES string of the molecule is O=C([C@H]1CCCO1)N1C[C@H]2CCN[C@H]2C1. The number of nitrogens with one attached hydrogen (secondary N) is 1. The molecule has 3 aliphatic heterocycles. The molecule has 3 atom stereocenters. The van der Waals surface area contributed by atoms with Gasteiger partial charge in [0.25, 0.3) is 5.91 Å². The minimum atomic E-state index is -0.135. The molecule has 84 valence electrons. The standard InChI is InChI=1S/C11H18N2O2/c14-11(10-2-1-5-15-10)13-6-8-3-4-12-9(8)7-13/h8-10,12H,1-7H2/t8-,9+,10-/m1/s1. The summed E-state index contributed by atoms with van der Waals surface area (Å²) < 4.78 is 5.44. The topological polar surface area (TPSA) is 41.6 Å². The van der Waals surface area contributed by atoms with E-state index in [1.54, 1.807) is 0 Å². The lowest BCUT2D eigenvalue weighted by Crippen LogP contribution is -2.39. The molecule has 3 heterocycles. The Hall–Kier alpha value is -0.610. The second kappa shape index (κ2) is 3.76. The molecule has 0 unspecified atom stereocenters. The van der Waals surface area contributed by atoms with Gasteiger partial charge in [0.05, 0.1) is 0 Å². The molecule has 0 aliphatic carbocycles. The molecule has 3 saturated heterocycles. The number of fused-ring (bicyclic) bond motifs is 1. The smallest absolute Gasteiger partial charge is 0.251 e. The Morgan fingerprint density at radius 1 is 1.33 bits per heavy atom. The van der Waals surface area contributed by atoms with Gasteiger partial charge >= 0.3 is 0 Å². The molecule has 0 saturated carbocycles. The number of carbonyl (C=O) groups is 1. The van der Waals surface area contributed by atoms with Crippen molar-refractivity contribution in [3.63, 3.8) is 0 Å². The molecule has 4 nitrogen and oxygen atoms in total. The van der Waals surface area contributed by atoms with E-state index >= 15 is 0 Å². The van der Waals surface area contributed by atoms with Crippen molar-refractivity contribution in [1.29, 1.82) is 0 Å². The second-order valence-corrected chi connectivity index (χ2v) is 4.85. The highest BCUT2D eigenvalue weighted by Crippen LogP contribution is 2.26. The summed E-state index contributed by atoms with van der Waals surface area (Å²) in [5, 5.41) is 3.46. The van der Waals surface area contributed by atoms with E-state index in [9.17, 15) is 4.79 Å². The Morgan fingerprint density at radius 2 is 2.27 bits per heavy atom. The van der Waals surface area contributed by atoms with Crippen LogP contribution in [0.5, 0.6) is 0 Å². The fraction of sp³-hybridized carbons (Fsp3) is 0.909. The highest BCUT2D eigenvalue weighted by molar-refractivity contribution is 5.81. The van der Waals surface area contributed by atoms with Crippen LogP contribution in [-0.4, -0.2) is 49.2 Å². The molecule has 0 aromatic rings. The molecule has 3 fully saturated rings. The first-order chi connectivity index (χ1) is 7.34. The van der Waals surface area contributed by atoms with Crippen LogP contribution in [0.2, 0.25) is 0 Å². The number of nitrogens with zero attached hydrogens (tertiary/aromatic N) is 1. The Labute approximate surface area is 90.0 Å². The number of hydrogen-bond acceptors (Lipinski definition) is 3.